The predicted octanol–water partition coefficient (Wildman–Crippen LogP) is 3.17. The van der Waals surface area contributed by atoms with Crippen molar-refractivity contribution in [3.8, 4) is 0 Å². The molecule has 0 radical (unpaired) electrons. The number of likely N-dealkylation sites (tertiary alicyclic amines) is 1. The molecule has 4 nitrogen and oxygen atoms in total. The number of carbonyl (C=O) groups is 1. The van der Waals surface area contributed by atoms with Crippen LogP contribution in [0.4, 0.5) is 5.82 Å². The highest BCUT2D eigenvalue weighted by atomic mass is 16.2. The SMILES string of the molecule is CCNc1cccc(C(=O)N2CCC3CCCCC3C2)n1. The molecule has 2 fully saturated rings. The van der Waals surface area contributed by atoms with Gasteiger partial charge in [0.15, 0.2) is 0 Å². The second-order valence-corrected chi connectivity index (χ2v) is 6.28. The predicted molar refractivity (Wildman–Crippen MR) is 84.4 cm³/mol. The molecule has 1 aliphatic heterocycles. The Kier molecular flexibility index (Phi) is 4.42. The van der Waals surface area contributed by atoms with Gasteiger partial charge in [0.1, 0.15) is 11.5 Å². The van der Waals surface area contributed by atoms with Crippen molar-refractivity contribution in [2.24, 2.45) is 11.8 Å². The molecule has 2 unspecified atom stereocenters. The minimum absolute atomic E-state index is 0.0961. The van der Waals surface area contributed by atoms with Crippen molar-refractivity contribution in [2.45, 2.75) is 39.0 Å². The summed E-state index contributed by atoms with van der Waals surface area (Å²) in [5.41, 5.74) is 0.572. The summed E-state index contributed by atoms with van der Waals surface area (Å²) in [6.07, 6.45) is 6.53. The highest BCUT2D eigenvalue weighted by Crippen LogP contribution is 2.36. The number of anilines is 1. The maximum absolute atomic E-state index is 12.7. The summed E-state index contributed by atoms with van der Waals surface area (Å²) in [6, 6.07) is 5.65. The van der Waals surface area contributed by atoms with Crippen LogP contribution in [0.2, 0.25) is 0 Å². The van der Waals surface area contributed by atoms with Gasteiger partial charge < -0.3 is 10.2 Å². The number of hydrogen-bond acceptors (Lipinski definition) is 3. The molecule has 0 bridgehead atoms. The quantitative estimate of drug-likeness (QED) is 0.928. The van der Waals surface area contributed by atoms with E-state index in [0.717, 1.165) is 31.4 Å². The molecule has 0 spiro atoms. The van der Waals surface area contributed by atoms with Crippen LogP contribution in [0.5, 0.6) is 0 Å². The Hall–Kier alpha value is -1.58. The van der Waals surface area contributed by atoms with Crippen molar-refractivity contribution in [3.63, 3.8) is 0 Å². The van der Waals surface area contributed by atoms with E-state index in [1.54, 1.807) is 0 Å². The summed E-state index contributed by atoms with van der Waals surface area (Å²) >= 11 is 0. The number of carbonyl (C=O) groups excluding carboxylic acids is 1. The van der Waals surface area contributed by atoms with Gasteiger partial charge in [0.2, 0.25) is 0 Å². The Morgan fingerprint density at radius 3 is 2.90 bits per heavy atom. The van der Waals surface area contributed by atoms with Crippen LogP contribution in [0.3, 0.4) is 0 Å². The van der Waals surface area contributed by atoms with E-state index in [9.17, 15) is 4.79 Å². The first kappa shape index (κ1) is 14.4. The molecule has 2 aliphatic rings. The van der Waals surface area contributed by atoms with Crippen LogP contribution < -0.4 is 5.32 Å². The van der Waals surface area contributed by atoms with Gasteiger partial charge in [-0.05, 0) is 43.7 Å². The zero-order valence-electron chi connectivity index (χ0n) is 12.8. The average molecular weight is 287 g/mol. The second-order valence-electron chi connectivity index (χ2n) is 6.28. The van der Waals surface area contributed by atoms with Crippen LogP contribution in [0.25, 0.3) is 0 Å². The standard InChI is InChI=1S/C17H25N3O/c1-2-18-16-9-5-8-15(19-16)17(21)20-11-10-13-6-3-4-7-14(13)12-20/h5,8-9,13-14H,2-4,6-7,10-12H2,1H3,(H,18,19). The van der Waals surface area contributed by atoms with E-state index in [1.807, 2.05) is 30.0 Å². The minimum Gasteiger partial charge on any atom is -0.370 e. The van der Waals surface area contributed by atoms with Gasteiger partial charge in [-0.1, -0.05) is 25.3 Å². The smallest absolute Gasteiger partial charge is 0.272 e. The summed E-state index contributed by atoms with van der Waals surface area (Å²) in [5.74, 6) is 2.45. The van der Waals surface area contributed by atoms with Crippen LogP contribution in [0.1, 0.15) is 49.5 Å². The first-order valence-corrected chi connectivity index (χ1v) is 8.28. The lowest BCUT2D eigenvalue weighted by Crippen LogP contribution is -2.45. The monoisotopic (exact) mass is 287 g/mol. The third-order valence-corrected chi connectivity index (χ3v) is 4.90. The molecule has 1 N–H and O–H groups in total. The largest absolute Gasteiger partial charge is 0.370 e. The molecule has 1 aromatic heterocycles. The number of pyridine rings is 1. The van der Waals surface area contributed by atoms with Gasteiger partial charge in [-0.25, -0.2) is 4.98 Å². The Morgan fingerprint density at radius 2 is 2.10 bits per heavy atom. The summed E-state index contributed by atoms with van der Waals surface area (Å²) in [7, 11) is 0. The third kappa shape index (κ3) is 3.20. The minimum atomic E-state index is 0.0961. The molecule has 2 heterocycles. The van der Waals surface area contributed by atoms with Crippen molar-refractivity contribution < 1.29 is 4.79 Å². The maximum atomic E-state index is 12.7. The number of aromatic nitrogens is 1. The van der Waals surface area contributed by atoms with E-state index in [2.05, 4.69) is 10.3 Å². The van der Waals surface area contributed by atoms with Gasteiger partial charge in [0.05, 0.1) is 0 Å². The number of nitrogens with zero attached hydrogens (tertiary/aromatic N) is 2. The number of rotatable bonds is 3. The van der Waals surface area contributed by atoms with Crippen LogP contribution in [-0.4, -0.2) is 35.4 Å². The Morgan fingerprint density at radius 1 is 1.29 bits per heavy atom. The Labute approximate surface area is 126 Å². The van der Waals surface area contributed by atoms with Crippen molar-refractivity contribution in [2.75, 3.05) is 25.0 Å². The van der Waals surface area contributed by atoms with Crippen LogP contribution in [0.15, 0.2) is 18.2 Å². The first-order chi connectivity index (χ1) is 10.3. The fraction of sp³-hybridized carbons (Fsp3) is 0.647. The van der Waals surface area contributed by atoms with E-state index in [4.69, 9.17) is 0 Å². The molecule has 1 saturated heterocycles. The summed E-state index contributed by atoms with van der Waals surface area (Å²) < 4.78 is 0. The average Bonchev–Trinajstić information content (AvgIpc) is 2.54. The fourth-order valence-electron chi connectivity index (χ4n) is 3.78. The van der Waals surface area contributed by atoms with Crippen LogP contribution in [0, 0.1) is 11.8 Å². The summed E-state index contributed by atoms with van der Waals surface area (Å²) in [6.45, 7) is 4.67. The van der Waals surface area contributed by atoms with Gasteiger partial charge in [-0.15, -0.1) is 0 Å². The number of nitrogens with one attached hydrogen (secondary N) is 1. The number of amides is 1. The zero-order valence-corrected chi connectivity index (χ0v) is 12.8. The fourth-order valence-corrected chi connectivity index (χ4v) is 3.78. The van der Waals surface area contributed by atoms with Crippen molar-refractivity contribution in [3.05, 3.63) is 23.9 Å². The third-order valence-electron chi connectivity index (χ3n) is 4.90. The van der Waals surface area contributed by atoms with E-state index in [0.29, 0.717) is 11.6 Å². The van der Waals surface area contributed by atoms with Crippen molar-refractivity contribution >= 4 is 11.7 Å². The molecule has 1 amide bonds. The van der Waals surface area contributed by atoms with Gasteiger partial charge in [0.25, 0.3) is 5.91 Å². The normalized spacial score (nSPS) is 25.3. The molecular formula is C17H25N3O. The molecule has 3 rings (SSSR count). The molecule has 4 heteroatoms. The lowest BCUT2D eigenvalue weighted by Gasteiger charge is -2.41. The Balaban J connectivity index is 1.68. The molecule has 1 saturated carbocycles. The number of piperidine rings is 1. The van der Waals surface area contributed by atoms with Gasteiger partial charge in [-0.2, -0.15) is 0 Å². The highest BCUT2D eigenvalue weighted by Gasteiger charge is 2.33. The van der Waals surface area contributed by atoms with Gasteiger partial charge in [-0.3, -0.25) is 4.79 Å². The molecule has 2 atom stereocenters. The maximum Gasteiger partial charge on any atom is 0.272 e. The van der Waals surface area contributed by atoms with Crippen LogP contribution in [-0.2, 0) is 0 Å². The molecule has 114 valence electrons. The lowest BCUT2D eigenvalue weighted by molar-refractivity contribution is 0.0515. The van der Waals surface area contributed by atoms with E-state index in [1.165, 1.54) is 32.1 Å². The van der Waals surface area contributed by atoms with Crippen molar-refractivity contribution in [1.82, 2.24) is 9.88 Å². The highest BCUT2D eigenvalue weighted by molar-refractivity contribution is 5.92. The number of hydrogen-bond donors (Lipinski definition) is 1. The topological polar surface area (TPSA) is 45.2 Å². The van der Waals surface area contributed by atoms with Gasteiger partial charge in [0, 0.05) is 19.6 Å². The summed E-state index contributed by atoms with van der Waals surface area (Å²) in [5, 5.41) is 3.17. The van der Waals surface area contributed by atoms with Crippen LogP contribution >= 0.6 is 0 Å². The van der Waals surface area contributed by atoms with E-state index >= 15 is 0 Å². The lowest BCUT2D eigenvalue weighted by atomic mass is 9.75. The molecule has 1 aliphatic carbocycles. The molecule has 0 aromatic carbocycles. The molecule has 1 aromatic rings. The Bertz CT molecular complexity index is 503. The second kappa shape index (κ2) is 6.46. The molecule has 21 heavy (non-hydrogen) atoms. The summed E-state index contributed by atoms with van der Waals surface area (Å²) in [4.78, 5) is 19.1. The number of fused-ring (bicyclic) bond motifs is 1. The van der Waals surface area contributed by atoms with E-state index < -0.39 is 0 Å². The first-order valence-electron chi connectivity index (χ1n) is 8.28. The zero-order chi connectivity index (χ0) is 14.7. The van der Waals surface area contributed by atoms with Gasteiger partial charge >= 0.3 is 0 Å². The van der Waals surface area contributed by atoms with Crippen molar-refractivity contribution in [1.29, 1.82) is 0 Å². The molecular weight excluding hydrogens is 262 g/mol. The van der Waals surface area contributed by atoms with E-state index in [-0.39, 0.29) is 5.91 Å².